The lowest BCUT2D eigenvalue weighted by Crippen LogP contribution is -2.41. The second-order valence-corrected chi connectivity index (χ2v) is 6.63. The van der Waals surface area contributed by atoms with Gasteiger partial charge in [-0.05, 0) is 41.7 Å². The molecule has 5 heteroatoms. The topological polar surface area (TPSA) is 66.4 Å². The van der Waals surface area contributed by atoms with Gasteiger partial charge in [-0.3, -0.25) is 4.79 Å². The Morgan fingerprint density at radius 1 is 1.12 bits per heavy atom. The first-order valence-electron chi connectivity index (χ1n) is 8.90. The molecule has 2 aromatic carbocycles. The third-order valence-electron chi connectivity index (χ3n) is 4.28. The average Bonchev–Trinajstić information content (AvgIpc) is 2.66. The highest BCUT2D eigenvalue weighted by atomic mass is 32.1. The van der Waals surface area contributed by atoms with Gasteiger partial charge in [0.25, 0.3) is 5.91 Å². The number of carbonyl (C=O) groups excluding carboxylic acids is 1. The van der Waals surface area contributed by atoms with Gasteiger partial charge in [-0.15, -0.1) is 0 Å². The standard InChI is InChI=1S/C21H25NO3S/c1-2-3-8-16-11-7-12-17(15-9-5-4-6-10-15)19(16)20(23)22-18(13-14-26)21(24)25/h4-7,9-12,18,26H,2-3,8,13-14H2,1H3,(H,22,23)(H,24,25)/t18-/m0/s1. The largest absolute Gasteiger partial charge is 0.480 e. The van der Waals surface area contributed by atoms with Crippen LogP contribution in [0.4, 0.5) is 0 Å². The molecule has 0 radical (unpaired) electrons. The number of aliphatic carboxylic acids is 1. The molecule has 4 nitrogen and oxygen atoms in total. The van der Waals surface area contributed by atoms with Crippen LogP contribution in [0.3, 0.4) is 0 Å². The van der Waals surface area contributed by atoms with Gasteiger partial charge in [0, 0.05) is 0 Å². The van der Waals surface area contributed by atoms with Crippen molar-refractivity contribution in [3.63, 3.8) is 0 Å². The smallest absolute Gasteiger partial charge is 0.326 e. The van der Waals surface area contributed by atoms with Gasteiger partial charge in [-0.1, -0.05) is 61.9 Å². The molecule has 0 heterocycles. The van der Waals surface area contributed by atoms with E-state index in [0.717, 1.165) is 36.0 Å². The lowest BCUT2D eigenvalue weighted by molar-refractivity contribution is -0.139. The number of benzene rings is 2. The SMILES string of the molecule is CCCCc1cccc(-c2ccccc2)c1C(=O)N[C@@H](CCS)C(=O)O. The molecule has 2 rings (SSSR count). The Morgan fingerprint density at radius 2 is 1.85 bits per heavy atom. The summed E-state index contributed by atoms with van der Waals surface area (Å²) in [4.78, 5) is 24.4. The monoisotopic (exact) mass is 371 g/mol. The van der Waals surface area contributed by atoms with Gasteiger partial charge >= 0.3 is 5.97 Å². The number of aryl methyl sites for hydroxylation is 1. The molecule has 0 spiro atoms. The summed E-state index contributed by atoms with van der Waals surface area (Å²) < 4.78 is 0. The fourth-order valence-corrected chi connectivity index (χ4v) is 3.18. The predicted molar refractivity (Wildman–Crippen MR) is 108 cm³/mol. The third kappa shape index (κ3) is 5.11. The zero-order valence-electron chi connectivity index (χ0n) is 14.9. The normalized spacial score (nSPS) is 11.8. The van der Waals surface area contributed by atoms with Gasteiger partial charge in [-0.25, -0.2) is 4.79 Å². The van der Waals surface area contributed by atoms with Crippen molar-refractivity contribution >= 4 is 24.5 Å². The lowest BCUT2D eigenvalue weighted by Gasteiger charge is -2.18. The van der Waals surface area contributed by atoms with Crippen LogP contribution >= 0.6 is 12.6 Å². The molecule has 0 aliphatic carbocycles. The van der Waals surface area contributed by atoms with E-state index in [1.165, 1.54) is 0 Å². The summed E-state index contributed by atoms with van der Waals surface area (Å²) >= 11 is 4.09. The summed E-state index contributed by atoms with van der Waals surface area (Å²) in [6.45, 7) is 2.11. The van der Waals surface area contributed by atoms with Crippen molar-refractivity contribution in [1.82, 2.24) is 5.32 Å². The first-order valence-corrected chi connectivity index (χ1v) is 9.53. The molecule has 0 saturated heterocycles. The predicted octanol–water partition coefficient (Wildman–Crippen LogP) is 4.20. The summed E-state index contributed by atoms with van der Waals surface area (Å²) in [6.07, 6.45) is 3.05. The molecule has 0 fully saturated rings. The lowest BCUT2D eigenvalue weighted by atomic mass is 9.92. The Labute approximate surface area is 160 Å². The van der Waals surface area contributed by atoms with Gasteiger partial charge in [0.15, 0.2) is 0 Å². The Hall–Kier alpha value is -2.27. The van der Waals surface area contributed by atoms with E-state index in [4.69, 9.17) is 0 Å². The molecule has 0 unspecified atom stereocenters. The molecule has 2 aromatic rings. The number of thiol groups is 1. The molecular weight excluding hydrogens is 346 g/mol. The molecule has 1 atom stereocenters. The third-order valence-corrected chi connectivity index (χ3v) is 4.54. The van der Waals surface area contributed by atoms with Gasteiger partial charge in [-0.2, -0.15) is 12.6 Å². The molecule has 138 valence electrons. The van der Waals surface area contributed by atoms with Crippen LogP contribution in [-0.2, 0) is 11.2 Å². The Bertz CT molecular complexity index is 746. The van der Waals surface area contributed by atoms with Gasteiger partial charge in [0.1, 0.15) is 6.04 Å². The van der Waals surface area contributed by atoms with Crippen molar-refractivity contribution in [1.29, 1.82) is 0 Å². The van der Waals surface area contributed by atoms with Crippen molar-refractivity contribution in [3.8, 4) is 11.1 Å². The van der Waals surface area contributed by atoms with Gasteiger partial charge in [0.2, 0.25) is 0 Å². The zero-order chi connectivity index (χ0) is 18.9. The van der Waals surface area contributed by atoms with Crippen molar-refractivity contribution < 1.29 is 14.7 Å². The van der Waals surface area contributed by atoms with E-state index < -0.39 is 12.0 Å². The maximum atomic E-state index is 13.0. The maximum Gasteiger partial charge on any atom is 0.326 e. The van der Waals surface area contributed by atoms with Gasteiger partial charge < -0.3 is 10.4 Å². The summed E-state index contributed by atoms with van der Waals surface area (Å²) in [5.74, 6) is -0.996. The number of rotatable bonds is 9. The number of nitrogens with one attached hydrogen (secondary N) is 1. The highest BCUT2D eigenvalue weighted by Gasteiger charge is 2.23. The number of amides is 1. The highest BCUT2D eigenvalue weighted by molar-refractivity contribution is 7.80. The van der Waals surface area contributed by atoms with E-state index in [0.29, 0.717) is 11.3 Å². The first-order chi connectivity index (χ1) is 12.6. The summed E-state index contributed by atoms with van der Waals surface area (Å²) in [5.41, 5.74) is 3.28. The van der Waals surface area contributed by atoms with Crippen molar-refractivity contribution in [2.45, 2.75) is 38.6 Å². The van der Waals surface area contributed by atoms with Crippen LogP contribution in [-0.4, -0.2) is 28.8 Å². The summed E-state index contributed by atoms with van der Waals surface area (Å²) in [5, 5.41) is 12.0. The van der Waals surface area contributed by atoms with Crippen LogP contribution in [0.5, 0.6) is 0 Å². The molecule has 0 aliphatic heterocycles. The minimum absolute atomic E-state index is 0.280. The van der Waals surface area contributed by atoms with Crippen molar-refractivity contribution in [3.05, 3.63) is 59.7 Å². The molecule has 0 aliphatic rings. The second kappa shape index (κ2) is 10.0. The van der Waals surface area contributed by atoms with Crippen LogP contribution in [0.1, 0.15) is 42.1 Å². The number of hydrogen-bond acceptors (Lipinski definition) is 3. The summed E-state index contributed by atoms with van der Waals surface area (Å²) in [6, 6.07) is 14.6. The molecule has 0 saturated carbocycles. The fourth-order valence-electron chi connectivity index (χ4n) is 2.92. The number of unbranched alkanes of at least 4 members (excludes halogenated alkanes) is 1. The highest BCUT2D eigenvalue weighted by Crippen LogP contribution is 2.27. The minimum Gasteiger partial charge on any atom is -0.480 e. The van der Waals surface area contributed by atoms with E-state index in [-0.39, 0.29) is 12.3 Å². The minimum atomic E-state index is -1.04. The van der Waals surface area contributed by atoms with Crippen LogP contribution in [0, 0.1) is 0 Å². The number of carboxylic acid groups (broad SMARTS) is 1. The van der Waals surface area contributed by atoms with Crippen LogP contribution in [0.15, 0.2) is 48.5 Å². The van der Waals surface area contributed by atoms with Crippen LogP contribution in [0.25, 0.3) is 11.1 Å². The second-order valence-electron chi connectivity index (χ2n) is 6.19. The van der Waals surface area contributed by atoms with Crippen LogP contribution < -0.4 is 5.32 Å². The first kappa shape index (κ1) is 20.0. The zero-order valence-corrected chi connectivity index (χ0v) is 15.8. The summed E-state index contributed by atoms with van der Waals surface area (Å²) in [7, 11) is 0. The fraction of sp³-hybridized carbons (Fsp3) is 0.333. The number of carboxylic acids is 1. The Kier molecular flexibility index (Phi) is 7.73. The number of carbonyl (C=O) groups is 2. The molecule has 0 bridgehead atoms. The van der Waals surface area contributed by atoms with E-state index in [1.54, 1.807) is 0 Å². The van der Waals surface area contributed by atoms with E-state index >= 15 is 0 Å². The molecular formula is C21H25NO3S. The Balaban J connectivity index is 2.45. The maximum absolute atomic E-state index is 13.0. The van der Waals surface area contributed by atoms with E-state index in [2.05, 4.69) is 24.9 Å². The molecule has 0 aromatic heterocycles. The van der Waals surface area contributed by atoms with Crippen molar-refractivity contribution in [2.75, 3.05) is 5.75 Å². The van der Waals surface area contributed by atoms with E-state index in [1.807, 2.05) is 48.5 Å². The molecule has 2 N–H and O–H groups in total. The molecule has 26 heavy (non-hydrogen) atoms. The quantitative estimate of drug-likeness (QED) is 0.579. The Morgan fingerprint density at radius 3 is 2.46 bits per heavy atom. The van der Waals surface area contributed by atoms with Crippen molar-refractivity contribution in [2.24, 2.45) is 0 Å². The average molecular weight is 372 g/mol. The van der Waals surface area contributed by atoms with Gasteiger partial charge in [0.05, 0.1) is 5.56 Å². The van der Waals surface area contributed by atoms with Crippen LogP contribution in [0.2, 0.25) is 0 Å². The number of hydrogen-bond donors (Lipinski definition) is 3. The van der Waals surface area contributed by atoms with E-state index in [9.17, 15) is 14.7 Å². The molecule has 1 amide bonds.